The SMILES string of the molecule is Nc1c2c(cc(=O)n1-c1ccc(C(=O)Nc3ccccn3)cc1)C(=O)NC2=O. The number of fused-ring (bicyclic) bond motifs is 1. The predicted molar refractivity (Wildman–Crippen MR) is 100 cm³/mol. The third-order valence-corrected chi connectivity index (χ3v) is 4.25. The molecule has 1 aromatic carbocycles. The number of nitrogens with one attached hydrogen (secondary N) is 2. The summed E-state index contributed by atoms with van der Waals surface area (Å²) in [4.78, 5) is 52.4. The van der Waals surface area contributed by atoms with Gasteiger partial charge in [-0.05, 0) is 36.4 Å². The summed E-state index contributed by atoms with van der Waals surface area (Å²) < 4.78 is 1.11. The average molecular weight is 375 g/mol. The second kappa shape index (κ2) is 6.47. The topological polar surface area (TPSA) is 136 Å². The fourth-order valence-electron chi connectivity index (χ4n) is 2.93. The Hall–Kier alpha value is -4.27. The molecule has 4 rings (SSSR count). The van der Waals surface area contributed by atoms with Crippen LogP contribution in [0.4, 0.5) is 11.6 Å². The largest absolute Gasteiger partial charge is 0.384 e. The molecule has 4 N–H and O–H groups in total. The quantitative estimate of drug-likeness (QED) is 0.583. The van der Waals surface area contributed by atoms with E-state index < -0.39 is 17.4 Å². The number of pyridine rings is 2. The molecule has 0 fully saturated rings. The van der Waals surface area contributed by atoms with Crippen LogP contribution in [0.15, 0.2) is 59.5 Å². The van der Waals surface area contributed by atoms with Crippen molar-refractivity contribution in [3.8, 4) is 5.69 Å². The van der Waals surface area contributed by atoms with Crippen LogP contribution in [0, 0.1) is 0 Å². The second-order valence-electron chi connectivity index (χ2n) is 5.99. The number of carbonyl (C=O) groups is 3. The summed E-state index contributed by atoms with van der Waals surface area (Å²) in [6.45, 7) is 0. The predicted octanol–water partition coefficient (Wildman–Crippen LogP) is 0.951. The Morgan fingerprint density at radius 3 is 2.46 bits per heavy atom. The zero-order valence-corrected chi connectivity index (χ0v) is 14.3. The van der Waals surface area contributed by atoms with E-state index in [4.69, 9.17) is 5.73 Å². The van der Waals surface area contributed by atoms with E-state index in [1.54, 1.807) is 24.4 Å². The maximum atomic E-state index is 12.4. The molecule has 3 heterocycles. The van der Waals surface area contributed by atoms with Gasteiger partial charge in [0.15, 0.2) is 0 Å². The number of nitrogen functional groups attached to an aromatic ring is 1. The van der Waals surface area contributed by atoms with Gasteiger partial charge in [0.05, 0.1) is 16.8 Å². The van der Waals surface area contributed by atoms with Gasteiger partial charge in [-0.15, -0.1) is 0 Å². The summed E-state index contributed by atoms with van der Waals surface area (Å²) in [7, 11) is 0. The first kappa shape index (κ1) is 17.2. The summed E-state index contributed by atoms with van der Waals surface area (Å²) in [5, 5.41) is 4.76. The number of aromatic nitrogens is 2. The Kier molecular flexibility index (Phi) is 3.96. The zero-order chi connectivity index (χ0) is 19.8. The molecule has 138 valence electrons. The van der Waals surface area contributed by atoms with Gasteiger partial charge in [-0.1, -0.05) is 6.07 Å². The fraction of sp³-hybridized carbons (Fsp3) is 0. The molecule has 0 unspecified atom stereocenters. The first-order chi connectivity index (χ1) is 13.5. The van der Waals surface area contributed by atoms with E-state index in [1.807, 2.05) is 0 Å². The Labute approximate surface area is 157 Å². The van der Waals surface area contributed by atoms with Crippen molar-refractivity contribution in [2.45, 2.75) is 0 Å². The van der Waals surface area contributed by atoms with Gasteiger partial charge < -0.3 is 11.1 Å². The summed E-state index contributed by atoms with van der Waals surface area (Å²) >= 11 is 0. The van der Waals surface area contributed by atoms with Gasteiger partial charge in [-0.25, -0.2) is 4.98 Å². The summed E-state index contributed by atoms with van der Waals surface area (Å²) in [5.74, 6) is -1.41. The van der Waals surface area contributed by atoms with Crippen molar-refractivity contribution in [2.75, 3.05) is 11.1 Å². The minimum absolute atomic E-state index is 0.0402. The molecule has 2 aromatic heterocycles. The van der Waals surface area contributed by atoms with E-state index in [1.165, 1.54) is 24.3 Å². The highest BCUT2D eigenvalue weighted by Gasteiger charge is 2.31. The Balaban J connectivity index is 1.68. The number of hydrogen-bond donors (Lipinski definition) is 3. The molecule has 0 spiro atoms. The smallest absolute Gasteiger partial charge is 0.262 e. The van der Waals surface area contributed by atoms with Crippen LogP contribution >= 0.6 is 0 Å². The highest BCUT2D eigenvalue weighted by Crippen LogP contribution is 2.23. The molecule has 0 bridgehead atoms. The number of imide groups is 1. The van der Waals surface area contributed by atoms with Crippen molar-refractivity contribution in [3.63, 3.8) is 0 Å². The van der Waals surface area contributed by atoms with E-state index in [9.17, 15) is 19.2 Å². The van der Waals surface area contributed by atoms with Crippen LogP contribution in [-0.4, -0.2) is 27.3 Å². The van der Waals surface area contributed by atoms with E-state index >= 15 is 0 Å². The van der Waals surface area contributed by atoms with E-state index in [-0.39, 0.29) is 22.9 Å². The maximum absolute atomic E-state index is 12.4. The Morgan fingerprint density at radius 2 is 1.79 bits per heavy atom. The lowest BCUT2D eigenvalue weighted by molar-refractivity contribution is 0.0879. The van der Waals surface area contributed by atoms with Crippen molar-refractivity contribution in [2.24, 2.45) is 0 Å². The van der Waals surface area contributed by atoms with Crippen LogP contribution < -0.4 is 21.9 Å². The highest BCUT2D eigenvalue weighted by molar-refractivity contribution is 6.23. The first-order valence-electron chi connectivity index (χ1n) is 8.20. The van der Waals surface area contributed by atoms with Crippen LogP contribution in [0.2, 0.25) is 0 Å². The number of carbonyl (C=O) groups excluding carboxylic acids is 3. The summed E-state index contributed by atoms with van der Waals surface area (Å²) in [5.41, 5.74) is 6.03. The molecule has 3 aromatic rings. The fourth-order valence-corrected chi connectivity index (χ4v) is 2.93. The van der Waals surface area contributed by atoms with Crippen molar-refractivity contribution in [1.29, 1.82) is 0 Å². The minimum Gasteiger partial charge on any atom is -0.384 e. The molecular formula is C19H13N5O4. The third kappa shape index (κ3) is 2.80. The molecular weight excluding hydrogens is 362 g/mol. The molecule has 9 nitrogen and oxygen atoms in total. The lowest BCUT2D eigenvalue weighted by Crippen LogP contribution is -2.24. The molecule has 0 saturated heterocycles. The molecule has 1 aliphatic rings. The third-order valence-electron chi connectivity index (χ3n) is 4.25. The monoisotopic (exact) mass is 375 g/mol. The number of anilines is 2. The molecule has 3 amide bonds. The number of nitrogens with zero attached hydrogens (tertiary/aromatic N) is 2. The number of nitrogens with two attached hydrogens (primary N) is 1. The number of hydrogen-bond acceptors (Lipinski definition) is 6. The zero-order valence-electron chi connectivity index (χ0n) is 14.3. The van der Waals surface area contributed by atoms with E-state index in [2.05, 4.69) is 15.6 Å². The molecule has 0 atom stereocenters. The molecule has 0 saturated carbocycles. The van der Waals surface area contributed by atoms with Crippen LogP contribution in [0.3, 0.4) is 0 Å². The molecule has 0 aliphatic carbocycles. The van der Waals surface area contributed by atoms with Gasteiger partial charge in [0.2, 0.25) is 0 Å². The molecule has 0 radical (unpaired) electrons. The second-order valence-corrected chi connectivity index (χ2v) is 5.99. The number of rotatable bonds is 3. The lowest BCUT2D eigenvalue weighted by Gasteiger charge is -2.12. The van der Waals surface area contributed by atoms with Crippen LogP contribution in [0.25, 0.3) is 5.69 Å². The van der Waals surface area contributed by atoms with Crippen molar-refractivity contribution in [1.82, 2.24) is 14.9 Å². The van der Waals surface area contributed by atoms with Crippen LogP contribution in [0.5, 0.6) is 0 Å². The van der Waals surface area contributed by atoms with Crippen molar-refractivity contribution in [3.05, 3.63) is 81.8 Å². The van der Waals surface area contributed by atoms with Gasteiger partial charge in [0, 0.05) is 17.8 Å². The summed E-state index contributed by atoms with van der Waals surface area (Å²) in [6.07, 6.45) is 1.56. The summed E-state index contributed by atoms with van der Waals surface area (Å²) in [6, 6.07) is 12.3. The van der Waals surface area contributed by atoms with Crippen molar-refractivity contribution >= 4 is 29.4 Å². The van der Waals surface area contributed by atoms with Crippen LogP contribution in [-0.2, 0) is 0 Å². The molecule has 1 aliphatic heterocycles. The minimum atomic E-state index is -0.655. The average Bonchev–Trinajstić information content (AvgIpc) is 2.96. The number of benzene rings is 1. The van der Waals surface area contributed by atoms with Gasteiger partial charge in [0.25, 0.3) is 23.3 Å². The normalized spacial score (nSPS) is 12.4. The van der Waals surface area contributed by atoms with Crippen LogP contribution in [0.1, 0.15) is 31.1 Å². The molecule has 28 heavy (non-hydrogen) atoms. The van der Waals surface area contributed by atoms with Gasteiger partial charge in [-0.2, -0.15) is 0 Å². The Morgan fingerprint density at radius 1 is 1.04 bits per heavy atom. The standard InChI is InChI=1S/C19H13N5O4/c20-16-15-12(18(27)23-19(15)28)9-14(25)24(16)11-6-4-10(5-7-11)17(26)22-13-3-1-2-8-21-13/h1-9H,20H2,(H,21,22,26)(H,23,27,28). The molecule has 9 heteroatoms. The number of amides is 3. The van der Waals surface area contributed by atoms with E-state index in [0.717, 1.165) is 10.6 Å². The van der Waals surface area contributed by atoms with Gasteiger partial charge >= 0.3 is 0 Å². The lowest BCUT2D eigenvalue weighted by atomic mass is 10.1. The Bertz CT molecular complexity index is 1180. The highest BCUT2D eigenvalue weighted by atomic mass is 16.2. The van der Waals surface area contributed by atoms with Gasteiger partial charge in [-0.3, -0.25) is 29.1 Å². The van der Waals surface area contributed by atoms with E-state index in [0.29, 0.717) is 17.1 Å². The maximum Gasteiger partial charge on any atom is 0.262 e. The van der Waals surface area contributed by atoms with Gasteiger partial charge in [0.1, 0.15) is 11.6 Å². The van der Waals surface area contributed by atoms with Crippen molar-refractivity contribution < 1.29 is 14.4 Å². The first-order valence-corrected chi connectivity index (χ1v) is 8.20.